The first kappa shape index (κ1) is 13.6. The van der Waals surface area contributed by atoms with Gasteiger partial charge >= 0.3 is 0 Å². The van der Waals surface area contributed by atoms with E-state index in [1.165, 1.54) is 0 Å². The van der Waals surface area contributed by atoms with Crippen molar-refractivity contribution in [2.45, 2.75) is 33.1 Å². The normalized spacial score (nSPS) is 18.9. The van der Waals surface area contributed by atoms with E-state index in [9.17, 15) is 14.7 Å². The summed E-state index contributed by atoms with van der Waals surface area (Å²) in [5.74, 6) is -1.95. The van der Waals surface area contributed by atoms with E-state index >= 15 is 0 Å². The molecule has 1 aromatic rings. The van der Waals surface area contributed by atoms with Gasteiger partial charge in [0.15, 0.2) is 0 Å². The lowest BCUT2D eigenvalue weighted by atomic mass is 10.0. The van der Waals surface area contributed by atoms with E-state index in [4.69, 9.17) is 0 Å². The molecule has 0 saturated carbocycles. The molecule has 19 heavy (non-hydrogen) atoms. The van der Waals surface area contributed by atoms with Gasteiger partial charge in [0.1, 0.15) is 0 Å². The number of carbonyl (C=O) groups excluding carboxylic acids is 2. The number of aliphatic carboxylic acids is 1. The molecule has 1 fully saturated rings. The second-order valence-corrected chi connectivity index (χ2v) is 4.86. The number of para-hydroxylation sites is 1. The first-order valence-electron chi connectivity index (χ1n) is 6.70. The maximum absolute atomic E-state index is 12.1. The zero-order valence-electron chi connectivity index (χ0n) is 11.3. The van der Waals surface area contributed by atoms with Gasteiger partial charge in [-0.2, -0.15) is 0 Å². The summed E-state index contributed by atoms with van der Waals surface area (Å²) in [6.45, 7) is 4.30. The lowest BCUT2D eigenvalue weighted by Gasteiger charge is -2.23. The van der Waals surface area contributed by atoms with Gasteiger partial charge in [-0.1, -0.05) is 32.0 Å². The molecule has 0 N–H and O–H groups in total. The predicted molar refractivity (Wildman–Crippen MR) is 70.7 cm³/mol. The summed E-state index contributed by atoms with van der Waals surface area (Å²) in [6, 6.07) is 5.97. The number of aryl methyl sites for hydroxylation is 2. The van der Waals surface area contributed by atoms with Gasteiger partial charge in [0.05, 0.1) is 0 Å². The van der Waals surface area contributed by atoms with Crippen LogP contribution >= 0.6 is 0 Å². The third kappa shape index (κ3) is 2.48. The zero-order valence-corrected chi connectivity index (χ0v) is 11.3. The summed E-state index contributed by atoms with van der Waals surface area (Å²) in [5.41, 5.74) is 3.08. The molecule has 0 radical (unpaired) electrons. The molecule has 1 aliphatic heterocycles. The highest BCUT2D eigenvalue weighted by Crippen LogP contribution is 2.32. The van der Waals surface area contributed by atoms with Crippen molar-refractivity contribution >= 4 is 17.6 Å². The van der Waals surface area contributed by atoms with Crippen molar-refractivity contribution in [3.05, 3.63) is 29.3 Å². The fourth-order valence-electron chi connectivity index (χ4n) is 2.64. The van der Waals surface area contributed by atoms with Gasteiger partial charge in [0.2, 0.25) is 5.91 Å². The molecule has 2 rings (SSSR count). The summed E-state index contributed by atoms with van der Waals surface area (Å²) in [4.78, 5) is 24.6. The van der Waals surface area contributed by atoms with Crippen LogP contribution in [0.2, 0.25) is 0 Å². The summed E-state index contributed by atoms with van der Waals surface area (Å²) < 4.78 is 0. The molecular formula is C15H18NO3-. The highest BCUT2D eigenvalue weighted by atomic mass is 16.4. The van der Waals surface area contributed by atoms with E-state index in [0.29, 0.717) is 0 Å². The summed E-state index contributed by atoms with van der Waals surface area (Å²) in [7, 11) is 0. The van der Waals surface area contributed by atoms with Crippen molar-refractivity contribution in [3.8, 4) is 0 Å². The Bertz CT molecular complexity index is 488. The Kier molecular flexibility index (Phi) is 3.88. The van der Waals surface area contributed by atoms with Crippen molar-refractivity contribution in [2.24, 2.45) is 5.92 Å². The third-order valence-electron chi connectivity index (χ3n) is 3.69. The minimum Gasteiger partial charge on any atom is -0.550 e. The molecule has 1 aromatic carbocycles. The van der Waals surface area contributed by atoms with E-state index < -0.39 is 11.9 Å². The molecule has 0 aromatic heterocycles. The maximum atomic E-state index is 12.1. The molecule has 0 spiro atoms. The minimum absolute atomic E-state index is 0.0452. The Morgan fingerprint density at radius 3 is 2.32 bits per heavy atom. The van der Waals surface area contributed by atoms with Crippen LogP contribution in [0, 0.1) is 5.92 Å². The number of benzene rings is 1. The fraction of sp³-hybridized carbons (Fsp3) is 0.467. The topological polar surface area (TPSA) is 60.4 Å². The highest BCUT2D eigenvalue weighted by Gasteiger charge is 2.33. The Balaban J connectivity index is 2.41. The smallest absolute Gasteiger partial charge is 0.227 e. The van der Waals surface area contributed by atoms with Crippen molar-refractivity contribution in [1.82, 2.24) is 0 Å². The minimum atomic E-state index is -1.14. The monoisotopic (exact) mass is 260 g/mol. The van der Waals surface area contributed by atoms with Crippen LogP contribution < -0.4 is 10.0 Å². The first-order chi connectivity index (χ1) is 9.08. The van der Waals surface area contributed by atoms with Crippen molar-refractivity contribution < 1.29 is 14.7 Å². The molecule has 4 heteroatoms. The second-order valence-electron chi connectivity index (χ2n) is 4.86. The number of hydrogen-bond donors (Lipinski definition) is 0. The van der Waals surface area contributed by atoms with Crippen LogP contribution in [0.15, 0.2) is 18.2 Å². The van der Waals surface area contributed by atoms with Gasteiger partial charge in [-0.05, 0) is 24.0 Å². The van der Waals surface area contributed by atoms with Gasteiger partial charge < -0.3 is 14.8 Å². The zero-order chi connectivity index (χ0) is 14.0. The molecule has 0 unspecified atom stereocenters. The predicted octanol–water partition coefficient (Wildman–Crippen LogP) is 0.914. The first-order valence-corrected chi connectivity index (χ1v) is 6.70. The molecule has 102 valence electrons. The number of nitrogens with zero attached hydrogens (tertiary/aromatic N) is 1. The molecule has 1 atom stereocenters. The summed E-state index contributed by atoms with van der Waals surface area (Å²) in [6.07, 6.45) is 1.69. The van der Waals surface area contributed by atoms with Crippen LogP contribution in [0.3, 0.4) is 0 Å². The van der Waals surface area contributed by atoms with Gasteiger partial charge in [-0.25, -0.2) is 0 Å². The molecule has 1 heterocycles. The molecule has 4 nitrogen and oxygen atoms in total. The Morgan fingerprint density at radius 1 is 1.32 bits per heavy atom. The highest BCUT2D eigenvalue weighted by molar-refractivity contribution is 6.00. The van der Waals surface area contributed by atoms with Crippen LogP contribution in [0.1, 0.15) is 31.4 Å². The quantitative estimate of drug-likeness (QED) is 0.808. The summed E-state index contributed by atoms with van der Waals surface area (Å²) >= 11 is 0. The van der Waals surface area contributed by atoms with Crippen molar-refractivity contribution in [2.75, 3.05) is 11.4 Å². The fourth-order valence-corrected chi connectivity index (χ4v) is 2.64. The maximum Gasteiger partial charge on any atom is 0.227 e. The number of carbonyl (C=O) groups is 2. The number of carboxylic acid groups (broad SMARTS) is 1. The number of hydrogen-bond acceptors (Lipinski definition) is 3. The second kappa shape index (κ2) is 5.43. The summed E-state index contributed by atoms with van der Waals surface area (Å²) in [5, 5.41) is 10.9. The molecule has 1 amide bonds. The van der Waals surface area contributed by atoms with Crippen molar-refractivity contribution in [3.63, 3.8) is 0 Å². The molecule has 1 aliphatic rings. The standard InChI is InChI=1S/C15H19NO3/c1-3-10-6-5-7-11(4-2)14(10)16-9-12(15(18)19)8-13(16)17/h5-7,12H,3-4,8-9H2,1-2H3,(H,18,19)/p-1/t12-/m1/s1. The molecule has 0 bridgehead atoms. The Morgan fingerprint density at radius 2 is 1.89 bits per heavy atom. The number of amides is 1. The van der Waals surface area contributed by atoms with E-state index in [1.807, 2.05) is 32.0 Å². The van der Waals surface area contributed by atoms with E-state index in [2.05, 4.69) is 0 Å². The average Bonchev–Trinajstić information content (AvgIpc) is 2.79. The lowest BCUT2D eigenvalue weighted by molar-refractivity contribution is -0.310. The SMILES string of the molecule is CCc1cccc(CC)c1N1C[C@H](C(=O)[O-])CC1=O. The van der Waals surface area contributed by atoms with Crippen molar-refractivity contribution in [1.29, 1.82) is 0 Å². The van der Waals surface area contributed by atoms with E-state index in [-0.39, 0.29) is 18.9 Å². The largest absolute Gasteiger partial charge is 0.550 e. The molecule has 0 aliphatic carbocycles. The van der Waals surface area contributed by atoms with Crippen LogP contribution in [0.5, 0.6) is 0 Å². The third-order valence-corrected chi connectivity index (χ3v) is 3.69. The van der Waals surface area contributed by atoms with Crippen LogP contribution in [0.4, 0.5) is 5.69 Å². The molecule has 1 saturated heterocycles. The molecular weight excluding hydrogens is 242 g/mol. The average molecular weight is 260 g/mol. The number of anilines is 1. The number of carboxylic acids is 1. The number of rotatable bonds is 4. The van der Waals surface area contributed by atoms with Crippen LogP contribution in [-0.2, 0) is 22.4 Å². The van der Waals surface area contributed by atoms with E-state index in [0.717, 1.165) is 29.7 Å². The van der Waals surface area contributed by atoms with Gasteiger partial charge in [-0.3, -0.25) is 4.79 Å². The lowest BCUT2D eigenvalue weighted by Crippen LogP contribution is -2.34. The van der Waals surface area contributed by atoms with Gasteiger partial charge in [0, 0.05) is 30.5 Å². The Labute approximate surface area is 113 Å². The Hall–Kier alpha value is -1.84. The van der Waals surface area contributed by atoms with Gasteiger partial charge in [-0.15, -0.1) is 0 Å². The van der Waals surface area contributed by atoms with Crippen LogP contribution in [-0.4, -0.2) is 18.4 Å². The van der Waals surface area contributed by atoms with Gasteiger partial charge in [0.25, 0.3) is 0 Å². The van der Waals surface area contributed by atoms with Crippen LogP contribution in [0.25, 0.3) is 0 Å². The van der Waals surface area contributed by atoms with E-state index in [1.54, 1.807) is 4.90 Å².